The summed E-state index contributed by atoms with van der Waals surface area (Å²) in [7, 11) is 3.06. The summed E-state index contributed by atoms with van der Waals surface area (Å²) in [6.07, 6.45) is 1.03. The molecule has 0 saturated carbocycles. The van der Waals surface area contributed by atoms with Gasteiger partial charge in [0, 0.05) is 13.7 Å². The highest BCUT2D eigenvalue weighted by molar-refractivity contribution is 5.71. The Morgan fingerprint density at radius 2 is 2.00 bits per heavy atom. The predicted octanol–water partition coefficient (Wildman–Crippen LogP) is 0.518. The third-order valence-electron chi connectivity index (χ3n) is 1.73. The molecule has 0 atom stereocenters. The maximum absolute atomic E-state index is 11.0. The monoisotopic (exact) mass is 189 g/mol. The van der Waals surface area contributed by atoms with E-state index in [0.717, 1.165) is 19.5 Å². The van der Waals surface area contributed by atoms with Crippen LogP contribution < -0.4 is 0 Å². The first-order valence-corrected chi connectivity index (χ1v) is 4.52. The molecule has 0 rings (SSSR count). The molecule has 0 saturated heterocycles. The number of methoxy groups -OCH3 is 2. The Labute approximate surface area is 79.8 Å². The summed E-state index contributed by atoms with van der Waals surface area (Å²) in [6.45, 7) is 4.76. The smallest absolute Gasteiger partial charge is 0.319 e. The van der Waals surface area contributed by atoms with Crippen LogP contribution in [-0.2, 0) is 14.3 Å². The molecule has 0 amide bonds. The Bertz CT molecular complexity index is 139. The Kier molecular flexibility index (Phi) is 7.63. The van der Waals surface area contributed by atoms with Crippen molar-refractivity contribution in [1.29, 1.82) is 0 Å². The summed E-state index contributed by atoms with van der Waals surface area (Å²) < 4.78 is 9.53. The van der Waals surface area contributed by atoms with Gasteiger partial charge in [0.2, 0.25) is 0 Å². The van der Waals surface area contributed by atoms with Crippen LogP contribution in [0, 0.1) is 0 Å². The fraction of sp³-hybridized carbons (Fsp3) is 0.889. The molecule has 0 unspecified atom stereocenters. The van der Waals surface area contributed by atoms with Gasteiger partial charge in [-0.2, -0.15) is 0 Å². The molecule has 0 fully saturated rings. The second kappa shape index (κ2) is 8.01. The zero-order valence-corrected chi connectivity index (χ0v) is 8.71. The van der Waals surface area contributed by atoms with Gasteiger partial charge >= 0.3 is 5.97 Å². The van der Waals surface area contributed by atoms with Crippen LogP contribution in [0.15, 0.2) is 0 Å². The van der Waals surface area contributed by atoms with Crippen LogP contribution >= 0.6 is 0 Å². The number of esters is 1. The minimum absolute atomic E-state index is 0.190. The average molecular weight is 189 g/mol. The van der Waals surface area contributed by atoms with E-state index in [1.807, 2.05) is 4.90 Å². The molecule has 0 radical (unpaired) electrons. The summed E-state index contributed by atoms with van der Waals surface area (Å²) >= 11 is 0. The van der Waals surface area contributed by atoms with E-state index < -0.39 is 0 Å². The molecule has 0 bridgehead atoms. The highest BCUT2D eigenvalue weighted by atomic mass is 16.5. The molecule has 0 aliphatic rings. The molecule has 13 heavy (non-hydrogen) atoms. The molecular formula is C9H19NO3. The summed E-state index contributed by atoms with van der Waals surface area (Å²) in [5, 5.41) is 0. The number of carbonyl (C=O) groups excluding carboxylic acids is 1. The van der Waals surface area contributed by atoms with E-state index in [-0.39, 0.29) is 5.97 Å². The molecule has 0 N–H and O–H groups in total. The molecule has 0 aliphatic carbocycles. The second-order valence-corrected chi connectivity index (χ2v) is 2.85. The lowest BCUT2D eigenvalue weighted by molar-refractivity contribution is -0.142. The van der Waals surface area contributed by atoms with Gasteiger partial charge in [0.05, 0.1) is 20.3 Å². The standard InChI is InChI=1S/C9H19NO3/c1-4-5-10(6-7-12-2)8-9(11)13-3/h4-8H2,1-3H3. The minimum atomic E-state index is -0.190. The van der Waals surface area contributed by atoms with Gasteiger partial charge in [0.25, 0.3) is 0 Å². The van der Waals surface area contributed by atoms with Crippen molar-refractivity contribution < 1.29 is 14.3 Å². The summed E-state index contributed by atoms with van der Waals surface area (Å²) in [5.74, 6) is -0.190. The lowest BCUT2D eigenvalue weighted by Gasteiger charge is -2.19. The van der Waals surface area contributed by atoms with Crippen molar-refractivity contribution in [2.45, 2.75) is 13.3 Å². The van der Waals surface area contributed by atoms with Crippen LogP contribution in [0.25, 0.3) is 0 Å². The Balaban J connectivity index is 3.71. The molecule has 78 valence electrons. The molecule has 0 spiro atoms. The third-order valence-corrected chi connectivity index (χ3v) is 1.73. The van der Waals surface area contributed by atoms with Crippen molar-refractivity contribution in [2.75, 3.05) is 40.5 Å². The molecule has 0 aliphatic heterocycles. The van der Waals surface area contributed by atoms with E-state index in [2.05, 4.69) is 11.7 Å². The van der Waals surface area contributed by atoms with E-state index in [9.17, 15) is 4.79 Å². The summed E-state index contributed by atoms with van der Waals surface area (Å²) in [4.78, 5) is 13.0. The van der Waals surface area contributed by atoms with Crippen molar-refractivity contribution in [3.8, 4) is 0 Å². The van der Waals surface area contributed by atoms with Gasteiger partial charge in [0.1, 0.15) is 0 Å². The van der Waals surface area contributed by atoms with Crippen LogP contribution in [0.4, 0.5) is 0 Å². The Morgan fingerprint density at radius 3 is 2.46 bits per heavy atom. The van der Waals surface area contributed by atoms with Gasteiger partial charge in [-0.05, 0) is 13.0 Å². The summed E-state index contributed by atoms with van der Waals surface area (Å²) in [6, 6.07) is 0. The highest BCUT2D eigenvalue weighted by Crippen LogP contribution is 1.92. The number of nitrogens with zero attached hydrogens (tertiary/aromatic N) is 1. The maximum atomic E-state index is 11.0. The minimum Gasteiger partial charge on any atom is -0.468 e. The van der Waals surface area contributed by atoms with Crippen molar-refractivity contribution in [1.82, 2.24) is 4.90 Å². The van der Waals surface area contributed by atoms with Gasteiger partial charge in [-0.3, -0.25) is 9.69 Å². The van der Waals surface area contributed by atoms with E-state index in [1.165, 1.54) is 7.11 Å². The van der Waals surface area contributed by atoms with Gasteiger partial charge in [0.15, 0.2) is 0 Å². The van der Waals surface area contributed by atoms with Crippen LogP contribution in [-0.4, -0.2) is 51.3 Å². The fourth-order valence-electron chi connectivity index (χ4n) is 1.05. The van der Waals surface area contributed by atoms with Gasteiger partial charge in [-0.15, -0.1) is 0 Å². The van der Waals surface area contributed by atoms with E-state index >= 15 is 0 Å². The van der Waals surface area contributed by atoms with E-state index in [1.54, 1.807) is 7.11 Å². The summed E-state index contributed by atoms with van der Waals surface area (Å²) in [5.41, 5.74) is 0. The van der Waals surface area contributed by atoms with Crippen molar-refractivity contribution in [3.05, 3.63) is 0 Å². The van der Waals surface area contributed by atoms with Crippen molar-refractivity contribution in [3.63, 3.8) is 0 Å². The highest BCUT2D eigenvalue weighted by Gasteiger charge is 2.08. The van der Waals surface area contributed by atoms with Crippen LogP contribution in [0.5, 0.6) is 0 Å². The molecule has 4 nitrogen and oxygen atoms in total. The fourth-order valence-corrected chi connectivity index (χ4v) is 1.05. The third kappa shape index (κ3) is 6.54. The van der Waals surface area contributed by atoms with Crippen LogP contribution in [0.1, 0.15) is 13.3 Å². The normalized spacial score (nSPS) is 10.5. The topological polar surface area (TPSA) is 38.8 Å². The zero-order valence-electron chi connectivity index (χ0n) is 8.71. The lowest BCUT2D eigenvalue weighted by atomic mass is 10.4. The van der Waals surface area contributed by atoms with Crippen LogP contribution in [0.3, 0.4) is 0 Å². The molecule has 4 heteroatoms. The quantitative estimate of drug-likeness (QED) is 0.547. The van der Waals surface area contributed by atoms with Gasteiger partial charge < -0.3 is 9.47 Å². The second-order valence-electron chi connectivity index (χ2n) is 2.85. The molecule has 0 aromatic rings. The van der Waals surface area contributed by atoms with Crippen molar-refractivity contribution in [2.24, 2.45) is 0 Å². The Morgan fingerprint density at radius 1 is 1.31 bits per heavy atom. The lowest BCUT2D eigenvalue weighted by Crippen LogP contribution is -2.33. The first kappa shape index (κ1) is 12.4. The number of hydrogen-bond acceptors (Lipinski definition) is 4. The number of ether oxygens (including phenoxy) is 2. The molecule has 0 heterocycles. The first-order chi connectivity index (χ1) is 6.24. The van der Waals surface area contributed by atoms with Crippen LogP contribution in [0.2, 0.25) is 0 Å². The first-order valence-electron chi connectivity index (χ1n) is 4.52. The largest absolute Gasteiger partial charge is 0.468 e. The maximum Gasteiger partial charge on any atom is 0.319 e. The number of carbonyl (C=O) groups is 1. The van der Waals surface area contributed by atoms with E-state index in [4.69, 9.17) is 4.74 Å². The Hall–Kier alpha value is -0.610. The average Bonchev–Trinajstić information content (AvgIpc) is 2.14. The SMILES string of the molecule is CCCN(CCOC)CC(=O)OC. The zero-order chi connectivity index (χ0) is 10.1. The predicted molar refractivity (Wildman–Crippen MR) is 50.6 cm³/mol. The van der Waals surface area contributed by atoms with Gasteiger partial charge in [-0.25, -0.2) is 0 Å². The molecule has 0 aromatic carbocycles. The molecule has 0 aromatic heterocycles. The number of hydrogen-bond donors (Lipinski definition) is 0. The number of rotatable bonds is 7. The molecular weight excluding hydrogens is 170 g/mol. The van der Waals surface area contributed by atoms with Gasteiger partial charge in [-0.1, -0.05) is 6.92 Å². The van der Waals surface area contributed by atoms with Crippen molar-refractivity contribution >= 4 is 5.97 Å². The van der Waals surface area contributed by atoms with E-state index in [0.29, 0.717) is 13.2 Å².